The number of carbonyl (C=O) groups is 3. The van der Waals surface area contributed by atoms with Gasteiger partial charge in [-0.1, -0.05) is 17.7 Å². The first-order valence-electron chi connectivity index (χ1n) is 9.34. The zero-order valence-corrected chi connectivity index (χ0v) is 16.3. The van der Waals surface area contributed by atoms with Crippen LogP contribution in [0.15, 0.2) is 42.5 Å². The maximum Gasteiger partial charge on any atom is 0.338 e. The Kier molecular flexibility index (Phi) is 5.78. The van der Waals surface area contributed by atoms with Gasteiger partial charge in [0, 0.05) is 24.3 Å². The fourth-order valence-electron chi connectivity index (χ4n) is 3.37. The molecule has 0 aliphatic carbocycles. The van der Waals surface area contributed by atoms with Gasteiger partial charge in [-0.2, -0.15) is 0 Å². The van der Waals surface area contributed by atoms with Crippen molar-refractivity contribution in [1.29, 1.82) is 0 Å². The molecule has 1 saturated heterocycles. The number of benzene rings is 2. The Labute approximate surface area is 164 Å². The number of carbonyl (C=O) groups excluding carboxylic acids is 3. The van der Waals surface area contributed by atoms with Crippen molar-refractivity contribution in [1.82, 2.24) is 0 Å². The van der Waals surface area contributed by atoms with Gasteiger partial charge < -0.3 is 15.0 Å². The van der Waals surface area contributed by atoms with Crippen LogP contribution < -0.4 is 10.2 Å². The molecular weight excluding hydrogens is 356 g/mol. The lowest BCUT2D eigenvalue weighted by Crippen LogP contribution is -2.28. The molecule has 146 valence electrons. The van der Waals surface area contributed by atoms with E-state index in [-0.39, 0.29) is 18.2 Å². The highest BCUT2D eigenvalue weighted by Gasteiger charge is 2.35. The number of nitrogens with zero attached hydrogens (tertiary/aromatic N) is 1. The molecule has 28 heavy (non-hydrogen) atoms. The summed E-state index contributed by atoms with van der Waals surface area (Å²) in [6.07, 6.45) is 0.181. The Bertz CT molecular complexity index is 905. The smallest absolute Gasteiger partial charge is 0.338 e. The average Bonchev–Trinajstić information content (AvgIpc) is 3.04. The Hall–Kier alpha value is -3.15. The molecule has 0 unspecified atom stereocenters. The lowest BCUT2D eigenvalue weighted by molar-refractivity contribution is -0.122. The summed E-state index contributed by atoms with van der Waals surface area (Å²) in [6.45, 7) is 6.39. The standard InChI is InChI=1S/C22H24N2O4/c1-4-28-22(27)16-6-8-18(9-7-16)23-21(26)17-12-20(25)24(13-17)19-10-5-14(2)11-15(19)3/h5-11,17H,4,12-13H2,1-3H3,(H,23,26)/t17-/m0/s1. The van der Waals surface area contributed by atoms with E-state index in [2.05, 4.69) is 5.32 Å². The SMILES string of the molecule is CCOC(=O)c1ccc(NC(=O)[C@H]2CC(=O)N(c3ccc(C)cc3C)C2)cc1. The van der Waals surface area contributed by atoms with Gasteiger partial charge in [0.2, 0.25) is 11.8 Å². The zero-order chi connectivity index (χ0) is 20.3. The first-order chi connectivity index (χ1) is 13.4. The first kappa shape index (κ1) is 19.6. The van der Waals surface area contributed by atoms with Crippen molar-refractivity contribution in [2.45, 2.75) is 27.2 Å². The number of ether oxygens (including phenoxy) is 1. The third kappa shape index (κ3) is 4.22. The predicted molar refractivity (Wildman–Crippen MR) is 107 cm³/mol. The highest BCUT2D eigenvalue weighted by molar-refractivity contribution is 6.04. The Morgan fingerprint density at radius 1 is 1.14 bits per heavy atom. The van der Waals surface area contributed by atoms with E-state index >= 15 is 0 Å². The minimum absolute atomic E-state index is 0.0511. The molecule has 0 radical (unpaired) electrons. The van der Waals surface area contributed by atoms with Crippen molar-refractivity contribution in [3.05, 3.63) is 59.2 Å². The lowest BCUT2D eigenvalue weighted by Gasteiger charge is -2.19. The van der Waals surface area contributed by atoms with Crippen molar-refractivity contribution < 1.29 is 19.1 Å². The Balaban J connectivity index is 1.65. The molecule has 1 N–H and O–H groups in total. The molecular formula is C22H24N2O4. The minimum Gasteiger partial charge on any atom is -0.462 e. The van der Waals surface area contributed by atoms with Gasteiger partial charge in [0.25, 0.3) is 0 Å². The summed E-state index contributed by atoms with van der Waals surface area (Å²) in [5.41, 5.74) is 4.01. The van der Waals surface area contributed by atoms with Crippen LogP contribution in [0.25, 0.3) is 0 Å². The van der Waals surface area contributed by atoms with E-state index in [1.54, 1.807) is 36.1 Å². The third-order valence-corrected chi connectivity index (χ3v) is 4.80. The van der Waals surface area contributed by atoms with E-state index in [0.29, 0.717) is 24.4 Å². The van der Waals surface area contributed by atoms with Crippen molar-refractivity contribution >= 4 is 29.2 Å². The maximum atomic E-state index is 12.6. The fraction of sp³-hybridized carbons (Fsp3) is 0.318. The van der Waals surface area contributed by atoms with Crippen molar-refractivity contribution in [3.63, 3.8) is 0 Å². The van der Waals surface area contributed by atoms with E-state index in [4.69, 9.17) is 4.74 Å². The molecule has 6 heteroatoms. The third-order valence-electron chi connectivity index (χ3n) is 4.80. The molecule has 0 aromatic heterocycles. The summed E-state index contributed by atoms with van der Waals surface area (Å²) in [4.78, 5) is 38.4. The average molecular weight is 380 g/mol. The van der Waals surface area contributed by atoms with Crippen LogP contribution in [0.5, 0.6) is 0 Å². The molecule has 1 fully saturated rings. The second-order valence-corrected chi connectivity index (χ2v) is 6.98. The lowest BCUT2D eigenvalue weighted by atomic mass is 10.1. The molecule has 0 spiro atoms. The molecule has 1 aliphatic heterocycles. The van der Waals surface area contributed by atoms with Crippen LogP contribution in [-0.2, 0) is 14.3 Å². The summed E-state index contributed by atoms with van der Waals surface area (Å²) < 4.78 is 4.94. The second kappa shape index (κ2) is 8.25. The van der Waals surface area contributed by atoms with Crippen LogP contribution in [0, 0.1) is 19.8 Å². The molecule has 0 bridgehead atoms. The Morgan fingerprint density at radius 2 is 1.86 bits per heavy atom. The molecule has 0 saturated carbocycles. The fourth-order valence-corrected chi connectivity index (χ4v) is 3.37. The molecule has 1 atom stereocenters. The number of hydrogen-bond donors (Lipinski definition) is 1. The van der Waals surface area contributed by atoms with E-state index in [1.807, 2.05) is 32.0 Å². The molecule has 2 aromatic rings. The van der Waals surface area contributed by atoms with Gasteiger partial charge in [0.05, 0.1) is 18.1 Å². The number of esters is 1. The second-order valence-electron chi connectivity index (χ2n) is 6.98. The molecule has 1 heterocycles. The van der Waals surface area contributed by atoms with Crippen LogP contribution in [0.4, 0.5) is 11.4 Å². The largest absolute Gasteiger partial charge is 0.462 e. The van der Waals surface area contributed by atoms with Gasteiger partial charge in [-0.15, -0.1) is 0 Å². The highest BCUT2D eigenvalue weighted by atomic mass is 16.5. The molecule has 3 rings (SSSR count). The summed E-state index contributed by atoms with van der Waals surface area (Å²) in [5.74, 6) is -1.07. The van der Waals surface area contributed by atoms with Gasteiger partial charge in [-0.05, 0) is 56.7 Å². The number of hydrogen-bond acceptors (Lipinski definition) is 4. The van der Waals surface area contributed by atoms with Gasteiger partial charge in [-0.3, -0.25) is 9.59 Å². The summed E-state index contributed by atoms with van der Waals surface area (Å²) in [7, 11) is 0. The number of nitrogens with one attached hydrogen (secondary N) is 1. The van der Waals surface area contributed by atoms with E-state index < -0.39 is 11.9 Å². The van der Waals surface area contributed by atoms with Crippen molar-refractivity contribution in [2.75, 3.05) is 23.4 Å². The molecule has 2 aromatic carbocycles. The molecule has 1 aliphatic rings. The number of anilines is 2. The molecule has 6 nitrogen and oxygen atoms in total. The zero-order valence-electron chi connectivity index (χ0n) is 16.3. The summed E-state index contributed by atoms with van der Waals surface area (Å²) >= 11 is 0. The number of aryl methyl sites for hydroxylation is 2. The first-order valence-corrected chi connectivity index (χ1v) is 9.34. The molecule has 2 amide bonds. The van der Waals surface area contributed by atoms with Crippen molar-refractivity contribution in [2.24, 2.45) is 5.92 Å². The van der Waals surface area contributed by atoms with E-state index in [1.165, 1.54) is 0 Å². The van der Waals surface area contributed by atoms with E-state index in [0.717, 1.165) is 16.8 Å². The van der Waals surface area contributed by atoms with E-state index in [9.17, 15) is 14.4 Å². The van der Waals surface area contributed by atoms with Crippen molar-refractivity contribution in [3.8, 4) is 0 Å². The Morgan fingerprint density at radius 3 is 2.50 bits per heavy atom. The monoisotopic (exact) mass is 380 g/mol. The van der Waals surface area contributed by atoms with Gasteiger partial charge in [0.15, 0.2) is 0 Å². The predicted octanol–water partition coefficient (Wildman–Crippen LogP) is 3.47. The number of rotatable bonds is 5. The highest BCUT2D eigenvalue weighted by Crippen LogP contribution is 2.29. The van der Waals surface area contributed by atoms with Crippen LogP contribution >= 0.6 is 0 Å². The van der Waals surface area contributed by atoms with Crippen LogP contribution in [0.1, 0.15) is 34.8 Å². The van der Waals surface area contributed by atoms with Gasteiger partial charge >= 0.3 is 5.97 Å². The topological polar surface area (TPSA) is 75.7 Å². The summed E-state index contributed by atoms with van der Waals surface area (Å²) in [5, 5.41) is 2.83. The van der Waals surface area contributed by atoms with Crippen LogP contribution in [-0.4, -0.2) is 30.9 Å². The van der Waals surface area contributed by atoms with Crippen LogP contribution in [0.2, 0.25) is 0 Å². The maximum absolute atomic E-state index is 12.6. The quantitative estimate of drug-likeness (QED) is 0.806. The summed E-state index contributed by atoms with van der Waals surface area (Å²) in [6, 6.07) is 12.4. The minimum atomic E-state index is -0.419. The van der Waals surface area contributed by atoms with Crippen LogP contribution in [0.3, 0.4) is 0 Å². The number of amides is 2. The van der Waals surface area contributed by atoms with Gasteiger partial charge in [0.1, 0.15) is 0 Å². The normalized spacial score (nSPS) is 16.2. The van der Waals surface area contributed by atoms with Gasteiger partial charge in [-0.25, -0.2) is 4.79 Å².